The lowest BCUT2D eigenvalue weighted by Crippen LogP contribution is -2.17. The van der Waals surface area contributed by atoms with E-state index in [1.54, 1.807) is 0 Å². The number of hydrogen-bond donors (Lipinski definition) is 0. The maximum Gasteiger partial charge on any atom is 0.0465 e. The molecular weight excluding hydrogens is 929 g/mol. The topological polar surface area (TPSA) is 6.48 Å². The molecule has 0 heterocycles. The van der Waals surface area contributed by atoms with Gasteiger partial charge in [0.05, 0.1) is 0 Å². The average molecular weight is 985 g/mol. The molecule has 0 bridgehead atoms. The van der Waals surface area contributed by atoms with Crippen molar-refractivity contribution in [3.63, 3.8) is 0 Å². The van der Waals surface area contributed by atoms with E-state index in [4.69, 9.17) is 0 Å². The molecule has 12 aromatic carbocycles. The molecule has 0 fully saturated rings. The average Bonchev–Trinajstić information content (AvgIpc) is 3.79. The van der Waals surface area contributed by atoms with Gasteiger partial charge < -0.3 is 9.80 Å². The molecule has 0 unspecified atom stereocenters. The van der Waals surface area contributed by atoms with Crippen LogP contribution in [0.5, 0.6) is 0 Å². The molecule has 0 atom stereocenters. The first-order valence-corrected chi connectivity index (χ1v) is 26.6. The Kier molecular flexibility index (Phi) is 12.3. The van der Waals surface area contributed by atoms with E-state index in [-0.39, 0.29) is 5.41 Å². The molecule has 0 amide bonds. The highest BCUT2D eigenvalue weighted by atomic mass is 15.1. The van der Waals surface area contributed by atoms with Gasteiger partial charge >= 0.3 is 0 Å². The van der Waals surface area contributed by atoms with E-state index in [1.807, 2.05) is 0 Å². The fourth-order valence-corrected chi connectivity index (χ4v) is 11.4. The summed E-state index contributed by atoms with van der Waals surface area (Å²) in [6.07, 6.45) is 0. The van der Waals surface area contributed by atoms with Crippen LogP contribution >= 0.6 is 0 Å². The zero-order chi connectivity index (χ0) is 51.7. The highest BCUT2D eigenvalue weighted by Crippen LogP contribution is 2.53. The van der Waals surface area contributed by atoms with Gasteiger partial charge in [-0.1, -0.05) is 238 Å². The van der Waals surface area contributed by atoms with E-state index >= 15 is 0 Å². The minimum absolute atomic E-state index is 0.288. The first-order chi connectivity index (χ1) is 37.9. The van der Waals surface area contributed by atoms with Crippen LogP contribution in [0.25, 0.3) is 77.9 Å². The lowest BCUT2D eigenvalue weighted by molar-refractivity contribution is 0.660. The Morgan fingerprint density at radius 2 is 0.429 bits per heavy atom. The van der Waals surface area contributed by atoms with Gasteiger partial charge in [-0.3, -0.25) is 0 Å². The number of fused-ring (bicyclic) bond motifs is 3. The van der Waals surface area contributed by atoms with Crippen LogP contribution in [0, 0.1) is 0 Å². The van der Waals surface area contributed by atoms with Crippen molar-refractivity contribution in [2.24, 2.45) is 0 Å². The van der Waals surface area contributed by atoms with E-state index in [0.29, 0.717) is 0 Å². The second-order valence-electron chi connectivity index (χ2n) is 20.6. The summed E-state index contributed by atoms with van der Waals surface area (Å²) in [5, 5.41) is 0. The van der Waals surface area contributed by atoms with Crippen LogP contribution in [0.2, 0.25) is 0 Å². The number of para-hydroxylation sites is 1. The van der Waals surface area contributed by atoms with Crippen molar-refractivity contribution < 1.29 is 0 Å². The van der Waals surface area contributed by atoms with Crippen LogP contribution in [-0.4, -0.2) is 0 Å². The number of rotatable bonds is 12. The fraction of sp³-hybridized carbons (Fsp3) is 0.0400. The van der Waals surface area contributed by atoms with Crippen molar-refractivity contribution in [3.05, 3.63) is 314 Å². The predicted molar refractivity (Wildman–Crippen MR) is 326 cm³/mol. The number of anilines is 6. The third kappa shape index (κ3) is 9.21. The van der Waals surface area contributed by atoms with Crippen molar-refractivity contribution in [2.75, 3.05) is 9.80 Å². The Labute approximate surface area is 453 Å². The van der Waals surface area contributed by atoms with Gasteiger partial charge in [-0.15, -0.1) is 0 Å². The standard InChI is InChI=1S/C75H56N2/c1-75(2)73-51-69(76(65-24-13-6-14-25-65)66-40-34-60(35-41-66)58-30-26-56(27-31-58)53-16-7-3-8-17-53)46-48-71(73)72-49-47-70(52-74(72)75)77(67-42-36-61(37-43-67)59-32-28-57(29-33-59)54-18-9-4-10-19-54)68-44-38-62(39-45-68)64-23-15-22-63(50-64)55-20-11-5-12-21-55/h3-52H,1-2H3. The Balaban J connectivity index is 0.838. The maximum atomic E-state index is 2.43. The summed E-state index contributed by atoms with van der Waals surface area (Å²) in [5.41, 5.74) is 26.0. The molecule has 1 aliphatic rings. The molecule has 0 radical (unpaired) electrons. The third-order valence-corrected chi connectivity index (χ3v) is 15.5. The summed E-state index contributed by atoms with van der Waals surface area (Å²) in [4.78, 5) is 4.80. The maximum absolute atomic E-state index is 2.43. The van der Waals surface area contributed by atoms with E-state index < -0.39 is 0 Å². The quantitative estimate of drug-likeness (QED) is 0.120. The summed E-state index contributed by atoms with van der Waals surface area (Å²) in [5.74, 6) is 0. The van der Waals surface area contributed by atoms with Crippen molar-refractivity contribution in [1.82, 2.24) is 0 Å². The molecule has 0 saturated heterocycles. The van der Waals surface area contributed by atoms with Crippen LogP contribution in [0.3, 0.4) is 0 Å². The van der Waals surface area contributed by atoms with Crippen LogP contribution in [0.15, 0.2) is 303 Å². The molecule has 77 heavy (non-hydrogen) atoms. The normalized spacial score (nSPS) is 12.1. The van der Waals surface area contributed by atoms with Gasteiger partial charge in [-0.25, -0.2) is 0 Å². The Hall–Kier alpha value is -9.76. The minimum Gasteiger partial charge on any atom is -0.310 e. The second-order valence-corrected chi connectivity index (χ2v) is 20.6. The molecule has 0 N–H and O–H groups in total. The summed E-state index contributed by atoms with van der Waals surface area (Å²) < 4.78 is 0. The molecule has 0 spiro atoms. The van der Waals surface area contributed by atoms with Gasteiger partial charge in [0.1, 0.15) is 0 Å². The molecule has 366 valence electrons. The molecule has 2 nitrogen and oxygen atoms in total. The first-order valence-electron chi connectivity index (χ1n) is 26.6. The SMILES string of the molecule is CC1(C)c2cc(N(c3ccccc3)c3ccc(-c4ccc(-c5ccccc5)cc4)cc3)ccc2-c2ccc(N(c3ccc(-c4ccc(-c5ccccc5)cc4)cc3)c3ccc(-c4cccc(-c5ccccc5)c4)cc3)cc21. The smallest absolute Gasteiger partial charge is 0.0465 e. The van der Waals surface area contributed by atoms with Crippen LogP contribution in [-0.2, 0) is 5.41 Å². The third-order valence-electron chi connectivity index (χ3n) is 15.5. The highest BCUT2D eigenvalue weighted by molar-refractivity contribution is 5.89. The summed E-state index contributed by atoms with van der Waals surface area (Å²) >= 11 is 0. The van der Waals surface area contributed by atoms with E-state index in [2.05, 4.69) is 327 Å². The van der Waals surface area contributed by atoms with Crippen LogP contribution < -0.4 is 9.80 Å². The highest BCUT2D eigenvalue weighted by Gasteiger charge is 2.37. The van der Waals surface area contributed by atoms with Gasteiger partial charge in [0, 0.05) is 39.5 Å². The number of benzene rings is 12. The number of nitrogens with zero attached hydrogens (tertiary/aromatic N) is 2. The van der Waals surface area contributed by atoms with Gasteiger partial charge in [0.15, 0.2) is 0 Å². The summed E-state index contributed by atoms with van der Waals surface area (Å²) in [6.45, 7) is 4.77. The first kappa shape index (κ1) is 47.0. The molecule has 0 aromatic heterocycles. The monoisotopic (exact) mass is 984 g/mol. The summed E-state index contributed by atoms with van der Waals surface area (Å²) in [6, 6.07) is 110. The molecule has 0 aliphatic heterocycles. The molecule has 0 saturated carbocycles. The zero-order valence-electron chi connectivity index (χ0n) is 43.3. The van der Waals surface area contributed by atoms with Gasteiger partial charge in [0.2, 0.25) is 0 Å². The second kappa shape index (κ2) is 20.2. The van der Waals surface area contributed by atoms with E-state index in [9.17, 15) is 0 Å². The number of hydrogen-bond acceptors (Lipinski definition) is 2. The fourth-order valence-electron chi connectivity index (χ4n) is 11.4. The summed E-state index contributed by atoms with van der Waals surface area (Å²) in [7, 11) is 0. The van der Waals surface area contributed by atoms with Crippen molar-refractivity contribution in [2.45, 2.75) is 19.3 Å². The minimum atomic E-state index is -0.288. The molecule has 1 aliphatic carbocycles. The molecule has 2 heteroatoms. The van der Waals surface area contributed by atoms with Crippen molar-refractivity contribution >= 4 is 34.1 Å². The predicted octanol–water partition coefficient (Wildman–Crippen LogP) is 20.9. The van der Waals surface area contributed by atoms with Crippen LogP contribution in [0.4, 0.5) is 34.1 Å². The van der Waals surface area contributed by atoms with Gasteiger partial charge in [-0.05, 0) is 168 Å². The van der Waals surface area contributed by atoms with Gasteiger partial charge in [-0.2, -0.15) is 0 Å². The zero-order valence-corrected chi connectivity index (χ0v) is 43.3. The lowest BCUT2D eigenvalue weighted by Gasteiger charge is -2.29. The van der Waals surface area contributed by atoms with Crippen LogP contribution in [0.1, 0.15) is 25.0 Å². The lowest BCUT2D eigenvalue weighted by atomic mass is 9.82. The Morgan fingerprint density at radius 1 is 0.195 bits per heavy atom. The molecule has 13 rings (SSSR count). The Morgan fingerprint density at radius 3 is 0.766 bits per heavy atom. The molecular formula is C75H56N2. The van der Waals surface area contributed by atoms with Crippen molar-refractivity contribution in [1.29, 1.82) is 0 Å². The Bertz CT molecular complexity index is 3980. The van der Waals surface area contributed by atoms with E-state index in [0.717, 1.165) is 34.1 Å². The van der Waals surface area contributed by atoms with E-state index in [1.165, 1.54) is 89.0 Å². The van der Waals surface area contributed by atoms with Gasteiger partial charge in [0.25, 0.3) is 0 Å². The molecule has 12 aromatic rings. The van der Waals surface area contributed by atoms with Crippen molar-refractivity contribution in [3.8, 4) is 77.9 Å². The largest absolute Gasteiger partial charge is 0.310 e.